The van der Waals surface area contributed by atoms with Crippen LogP contribution >= 0.6 is 0 Å². The Morgan fingerprint density at radius 1 is 1.21 bits per heavy atom. The number of hydrogen-bond acceptors (Lipinski definition) is 3. The molecule has 0 bridgehead atoms. The molecule has 0 aromatic heterocycles. The number of carboxylic acid groups (broad SMARTS) is 1. The minimum Gasteiger partial charge on any atom is -0.550 e. The number of benzene rings is 1. The Morgan fingerprint density at radius 2 is 1.79 bits per heavy atom. The van der Waals surface area contributed by atoms with Crippen LogP contribution in [0.2, 0.25) is 0 Å². The molecule has 1 aromatic rings. The molecule has 0 aliphatic rings. The smallest absolute Gasteiger partial charge is 0.251 e. The lowest BCUT2D eigenvalue weighted by Gasteiger charge is -2.30. The molecule has 0 radical (unpaired) electrons. The molecule has 1 rings (SSSR count). The maximum absolute atomic E-state index is 12.0. The fourth-order valence-electron chi connectivity index (χ4n) is 1.88. The number of carboxylic acids is 1. The maximum atomic E-state index is 12.0. The summed E-state index contributed by atoms with van der Waals surface area (Å²) in [6.07, 6.45) is -0.186. The lowest BCUT2D eigenvalue weighted by atomic mass is 10.1. The Kier molecular flexibility index (Phi) is 5.06. The molecule has 5 nitrogen and oxygen atoms in total. The van der Waals surface area contributed by atoms with Crippen LogP contribution in [-0.2, 0) is 4.79 Å². The molecule has 5 heteroatoms. The summed E-state index contributed by atoms with van der Waals surface area (Å²) >= 11 is 0. The van der Waals surface area contributed by atoms with E-state index in [-0.39, 0.29) is 12.3 Å². The van der Waals surface area contributed by atoms with Crippen LogP contribution < -0.4 is 10.4 Å². The van der Waals surface area contributed by atoms with Crippen molar-refractivity contribution in [2.45, 2.75) is 12.5 Å². The standard InChI is InChI=1S/C14H20N2O3/c1-16(2,3)10-12(9-13(17)18)15-14(19)11-7-5-4-6-8-11/h4-8,12H,9-10H2,1-3H3,(H-,15,17,18,19). The van der Waals surface area contributed by atoms with Crippen molar-refractivity contribution in [3.63, 3.8) is 0 Å². The van der Waals surface area contributed by atoms with Gasteiger partial charge in [0.15, 0.2) is 0 Å². The van der Waals surface area contributed by atoms with Crippen LogP contribution in [0.1, 0.15) is 16.8 Å². The molecular formula is C14H20N2O3. The van der Waals surface area contributed by atoms with E-state index < -0.39 is 12.0 Å². The Morgan fingerprint density at radius 3 is 2.26 bits per heavy atom. The fraction of sp³-hybridized carbons (Fsp3) is 0.429. The van der Waals surface area contributed by atoms with Gasteiger partial charge in [0, 0.05) is 18.0 Å². The summed E-state index contributed by atoms with van der Waals surface area (Å²) in [7, 11) is 5.82. The van der Waals surface area contributed by atoms with Gasteiger partial charge in [0.05, 0.1) is 33.7 Å². The molecular weight excluding hydrogens is 244 g/mol. The van der Waals surface area contributed by atoms with E-state index in [4.69, 9.17) is 0 Å². The van der Waals surface area contributed by atoms with Crippen LogP contribution in [0.15, 0.2) is 30.3 Å². The molecule has 1 atom stereocenters. The van der Waals surface area contributed by atoms with E-state index >= 15 is 0 Å². The summed E-state index contributed by atoms with van der Waals surface area (Å²) in [6, 6.07) is 8.29. The minimum absolute atomic E-state index is 0.186. The molecule has 1 amide bonds. The average molecular weight is 264 g/mol. The van der Waals surface area contributed by atoms with Crippen LogP contribution in [0.25, 0.3) is 0 Å². The van der Waals surface area contributed by atoms with Gasteiger partial charge < -0.3 is 19.7 Å². The van der Waals surface area contributed by atoms with Crippen LogP contribution in [0.3, 0.4) is 0 Å². The molecule has 1 unspecified atom stereocenters. The van der Waals surface area contributed by atoms with E-state index in [0.29, 0.717) is 16.6 Å². The number of quaternary nitrogens is 1. The molecule has 19 heavy (non-hydrogen) atoms. The lowest BCUT2D eigenvalue weighted by Crippen LogP contribution is -2.50. The van der Waals surface area contributed by atoms with Crippen molar-refractivity contribution in [3.8, 4) is 0 Å². The van der Waals surface area contributed by atoms with Gasteiger partial charge in [0.25, 0.3) is 5.91 Å². The van der Waals surface area contributed by atoms with Gasteiger partial charge >= 0.3 is 0 Å². The predicted octanol–water partition coefficient (Wildman–Crippen LogP) is -0.369. The number of nitrogens with zero attached hydrogens (tertiary/aromatic N) is 1. The number of carbonyl (C=O) groups excluding carboxylic acids is 2. The van der Waals surface area contributed by atoms with E-state index in [1.54, 1.807) is 24.3 Å². The number of hydrogen-bond donors (Lipinski definition) is 1. The van der Waals surface area contributed by atoms with Gasteiger partial charge in [-0.05, 0) is 12.1 Å². The molecule has 0 fully saturated rings. The monoisotopic (exact) mass is 264 g/mol. The minimum atomic E-state index is -1.16. The summed E-state index contributed by atoms with van der Waals surface area (Å²) in [4.78, 5) is 22.7. The number of carbonyl (C=O) groups is 2. The highest BCUT2D eigenvalue weighted by atomic mass is 16.4. The molecule has 0 heterocycles. The van der Waals surface area contributed by atoms with Crippen LogP contribution in [-0.4, -0.2) is 50.1 Å². The van der Waals surface area contributed by atoms with Gasteiger partial charge in [0.2, 0.25) is 0 Å². The highest BCUT2D eigenvalue weighted by molar-refractivity contribution is 5.94. The molecule has 0 saturated heterocycles. The topological polar surface area (TPSA) is 69.2 Å². The third kappa shape index (κ3) is 6.01. The third-order valence-electron chi connectivity index (χ3n) is 2.55. The molecule has 1 N–H and O–H groups in total. The average Bonchev–Trinajstić information content (AvgIpc) is 2.26. The van der Waals surface area contributed by atoms with Gasteiger partial charge in [-0.3, -0.25) is 4.79 Å². The number of amides is 1. The normalized spacial score (nSPS) is 12.8. The summed E-state index contributed by atoms with van der Waals surface area (Å²) in [5, 5.41) is 13.5. The summed E-state index contributed by atoms with van der Waals surface area (Å²) in [5.74, 6) is -1.42. The first-order chi connectivity index (χ1) is 8.78. The molecule has 0 spiro atoms. The van der Waals surface area contributed by atoms with Gasteiger partial charge in [-0.1, -0.05) is 18.2 Å². The maximum Gasteiger partial charge on any atom is 0.251 e. The SMILES string of the molecule is C[N+](C)(C)CC(CC(=O)[O-])NC(=O)c1ccccc1. The summed E-state index contributed by atoms with van der Waals surface area (Å²) < 4.78 is 0.563. The van der Waals surface area contributed by atoms with Crippen LogP contribution in [0.5, 0.6) is 0 Å². The molecule has 0 aliphatic carbocycles. The number of rotatable bonds is 6. The van der Waals surface area contributed by atoms with Crippen molar-refractivity contribution in [1.29, 1.82) is 0 Å². The quantitative estimate of drug-likeness (QED) is 0.713. The first kappa shape index (κ1) is 15.2. The fourth-order valence-corrected chi connectivity index (χ4v) is 1.88. The van der Waals surface area contributed by atoms with E-state index in [2.05, 4.69) is 5.32 Å². The van der Waals surface area contributed by atoms with Crippen molar-refractivity contribution < 1.29 is 19.2 Å². The van der Waals surface area contributed by atoms with Gasteiger partial charge in [-0.2, -0.15) is 0 Å². The second-order valence-electron chi connectivity index (χ2n) is 5.59. The second-order valence-corrected chi connectivity index (χ2v) is 5.59. The van der Waals surface area contributed by atoms with Gasteiger partial charge in [-0.15, -0.1) is 0 Å². The zero-order valence-electron chi connectivity index (χ0n) is 11.6. The zero-order chi connectivity index (χ0) is 14.5. The third-order valence-corrected chi connectivity index (χ3v) is 2.55. The first-order valence-electron chi connectivity index (χ1n) is 6.14. The van der Waals surface area contributed by atoms with Crippen LogP contribution in [0.4, 0.5) is 0 Å². The van der Waals surface area contributed by atoms with Crippen molar-refractivity contribution in [1.82, 2.24) is 5.32 Å². The second kappa shape index (κ2) is 6.33. The van der Waals surface area contributed by atoms with Crippen molar-refractivity contribution in [2.24, 2.45) is 0 Å². The Balaban J connectivity index is 2.72. The first-order valence-corrected chi connectivity index (χ1v) is 6.14. The van der Waals surface area contributed by atoms with E-state index in [9.17, 15) is 14.7 Å². The molecule has 1 aromatic carbocycles. The summed E-state index contributed by atoms with van der Waals surface area (Å²) in [6.45, 7) is 0.520. The highest BCUT2D eigenvalue weighted by Crippen LogP contribution is 2.03. The van der Waals surface area contributed by atoms with Gasteiger partial charge in [-0.25, -0.2) is 0 Å². The number of aliphatic carboxylic acids is 1. The van der Waals surface area contributed by atoms with Crippen molar-refractivity contribution in [2.75, 3.05) is 27.7 Å². The van der Waals surface area contributed by atoms with E-state index in [0.717, 1.165) is 0 Å². The summed E-state index contributed by atoms with van der Waals surface area (Å²) in [5.41, 5.74) is 0.521. The molecule has 104 valence electrons. The molecule has 0 saturated carbocycles. The van der Waals surface area contributed by atoms with Crippen molar-refractivity contribution in [3.05, 3.63) is 35.9 Å². The Bertz CT molecular complexity index is 438. The Labute approximate surface area is 113 Å². The molecule has 0 aliphatic heterocycles. The number of likely N-dealkylation sites (N-methyl/N-ethyl adjacent to an activating group) is 1. The zero-order valence-corrected chi connectivity index (χ0v) is 11.6. The van der Waals surface area contributed by atoms with E-state index in [1.165, 1.54) is 0 Å². The Hall–Kier alpha value is -1.88. The van der Waals surface area contributed by atoms with E-state index in [1.807, 2.05) is 27.2 Å². The predicted molar refractivity (Wildman–Crippen MR) is 70.2 cm³/mol. The highest BCUT2D eigenvalue weighted by Gasteiger charge is 2.20. The number of nitrogens with one attached hydrogen (secondary N) is 1. The largest absolute Gasteiger partial charge is 0.550 e. The van der Waals surface area contributed by atoms with Gasteiger partial charge in [0.1, 0.15) is 0 Å². The van der Waals surface area contributed by atoms with Crippen molar-refractivity contribution >= 4 is 11.9 Å². The van der Waals surface area contributed by atoms with Crippen LogP contribution in [0, 0.1) is 0 Å². The lowest BCUT2D eigenvalue weighted by molar-refractivity contribution is -0.871.